The highest BCUT2D eigenvalue weighted by atomic mass is 16.1. The molecule has 27 heavy (non-hydrogen) atoms. The van der Waals surface area contributed by atoms with E-state index >= 15 is 0 Å². The molecule has 4 aliphatic rings. The Morgan fingerprint density at radius 1 is 0.815 bits per heavy atom. The van der Waals surface area contributed by atoms with Crippen molar-refractivity contribution in [3.05, 3.63) is 66.0 Å². The fraction of sp³-hybridized carbons (Fsp3) is 0.458. The zero-order valence-electron chi connectivity index (χ0n) is 15.6. The lowest BCUT2D eigenvalue weighted by atomic mass is 9.48. The summed E-state index contributed by atoms with van der Waals surface area (Å²) in [6.45, 7) is 0.436. The van der Waals surface area contributed by atoms with Gasteiger partial charge in [-0.05, 0) is 56.3 Å². The summed E-state index contributed by atoms with van der Waals surface area (Å²) in [6, 6.07) is 13.0. The molecule has 3 heteroatoms. The third kappa shape index (κ3) is 3.03. The monoisotopic (exact) mass is 360 g/mol. The van der Waals surface area contributed by atoms with E-state index in [2.05, 4.69) is 0 Å². The van der Waals surface area contributed by atoms with Gasteiger partial charge in [-0.15, -0.1) is 0 Å². The molecular weight excluding hydrogens is 334 g/mol. The summed E-state index contributed by atoms with van der Waals surface area (Å²) in [4.78, 5) is 25.8. The second-order valence-electron chi connectivity index (χ2n) is 9.08. The molecule has 3 nitrogen and oxygen atoms in total. The van der Waals surface area contributed by atoms with Gasteiger partial charge in [-0.3, -0.25) is 9.59 Å². The first-order chi connectivity index (χ1) is 13.1. The van der Waals surface area contributed by atoms with E-state index in [1.165, 1.54) is 19.3 Å². The number of hydrogen-bond acceptors (Lipinski definition) is 2. The Kier molecular flexibility index (Phi) is 3.99. The number of carbonyl (C=O) groups is 2. The van der Waals surface area contributed by atoms with Gasteiger partial charge in [-0.25, -0.2) is 0 Å². The van der Waals surface area contributed by atoms with Gasteiger partial charge in [0.15, 0.2) is 18.2 Å². The lowest BCUT2D eigenvalue weighted by Crippen LogP contribution is -2.53. The van der Waals surface area contributed by atoms with Crippen molar-refractivity contribution in [2.24, 2.45) is 23.2 Å². The van der Waals surface area contributed by atoms with Crippen LogP contribution in [0.2, 0.25) is 0 Å². The standard InChI is InChI=1S/C24H26NO2/c26-22(24-13-17-10-18(14-24)12-19(11-17)15-24)16-25-8-6-21(7-9-25)23(27)20-4-2-1-3-5-20/h1-9,17-19H,10-16H2/q+1. The Balaban J connectivity index is 1.30. The highest BCUT2D eigenvalue weighted by molar-refractivity contribution is 6.08. The van der Waals surface area contributed by atoms with Crippen LogP contribution in [0, 0.1) is 23.2 Å². The van der Waals surface area contributed by atoms with Gasteiger partial charge in [0.25, 0.3) is 0 Å². The Labute approximate surface area is 160 Å². The van der Waals surface area contributed by atoms with Crippen LogP contribution in [0.15, 0.2) is 54.9 Å². The minimum Gasteiger partial charge on any atom is -0.292 e. The van der Waals surface area contributed by atoms with Gasteiger partial charge >= 0.3 is 0 Å². The number of ketones is 2. The molecule has 0 amide bonds. The molecule has 4 bridgehead atoms. The van der Waals surface area contributed by atoms with Crippen LogP contribution in [0.4, 0.5) is 0 Å². The number of nitrogens with zero attached hydrogens (tertiary/aromatic N) is 1. The maximum absolute atomic E-state index is 13.2. The van der Waals surface area contributed by atoms with Crippen LogP contribution >= 0.6 is 0 Å². The van der Waals surface area contributed by atoms with E-state index in [1.807, 2.05) is 59.4 Å². The second kappa shape index (κ2) is 6.40. The van der Waals surface area contributed by atoms with Crippen molar-refractivity contribution < 1.29 is 14.2 Å². The van der Waals surface area contributed by atoms with Gasteiger partial charge in [0, 0.05) is 28.7 Å². The average Bonchev–Trinajstić information content (AvgIpc) is 2.68. The maximum atomic E-state index is 13.2. The highest BCUT2D eigenvalue weighted by Gasteiger charge is 2.54. The van der Waals surface area contributed by atoms with Gasteiger partial charge in [-0.1, -0.05) is 30.3 Å². The van der Waals surface area contributed by atoms with Crippen LogP contribution in [0.3, 0.4) is 0 Å². The van der Waals surface area contributed by atoms with Crippen molar-refractivity contribution in [3.63, 3.8) is 0 Å². The predicted molar refractivity (Wildman–Crippen MR) is 102 cm³/mol. The number of benzene rings is 1. The summed E-state index contributed by atoms with van der Waals surface area (Å²) in [5.41, 5.74) is 1.31. The van der Waals surface area contributed by atoms with Crippen LogP contribution in [0.25, 0.3) is 0 Å². The van der Waals surface area contributed by atoms with E-state index in [0.29, 0.717) is 23.5 Å². The fourth-order valence-electron chi connectivity index (χ4n) is 6.26. The lowest BCUT2D eigenvalue weighted by molar-refractivity contribution is -0.685. The van der Waals surface area contributed by atoms with Crippen molar-refractivity contribution in [2.75, 3.05) is 0 Å². The van der Waals surface area contributed by atoms with Crippen molar-refractivity contribution in [2.45, 2.75) is 45.1 Å². The Morgan fingerprint density at radius 2 is 1.33 bits per heavy atom. The topological polar surface area (TPSA) is 38.0 Å². The zero-order chi connectivity index (χ0) is 18.4. The minimum atomic E-state index is -0.0553. The molecule has 0 spiro atoms. The molecule has 6 rings (SSSR count). The number of carbonyl (C=O) groups excluding carboxylic acids is 2. The summed E-state index contributed by atoms with van der Waals surface area (Å²) in [7, 11) is 0. The van der Waals surface area contributed by atoms with Gasteiger partial charge < -0.3 is 0 Å². The van der Waals surface area contributed by atoms with Crippen molar-refractivity contribution in [3.8, 4) is 0 Å². The molecule has 0 unspecified atom stereocenters. The molecule has 0 atom stereocenters. The average molecular weight is 360 g/mol. The first-order valence-corrected chi connectivity index (χ1v) is 10.2. The summed E-state index contributed by atoms with van der Waals surface area (Å²) < 4.78 is 1.95. The third-order valence-electron chi connectivity index (χ3n) is 7.15. The molecule has 138 valence electrons. The van der Waals surface area contributed by atoms with Crippen molar-refractivity contribution >= 4 is 11.6 Å². The normalized spacial score (nSPS) is 31.0. The maximum Gasteiger partial charge on any atom is 0.207 e. The van der Waals surface area contributed by atoms with Crippen molar-refractivity contribution in [1.82, 2.24) is 0 Å². The molecule has 0 aliphatic heterocycles. The number of pyridine rings is 1. The van der Waals surface area contributed by atoms with Gasteiger partial charge in [0.05, 0.1) is 0 Å². The van der Waals surface area contributed by atoms with Crippen LogP contribution in [0.5, 0.6) is 0 Å². The Morgan fingerprint density at radius 3 is 1.89 bits per heavy atom. The third-order valence-corrected chi connectivity index (χ3v) is 7.15. The summed E-state index contributed by atoms with van der Waals surface area (Å²) >= 11 is 0. The van der Waals surface area contributed by atoms with E-state index in [9.17, 15) is 9.59 Å². The molecule has 1 aromatic heterocycles. The zero-order valence-corrected chi connectivity index (χ0v) is 15.6. The smallest absolute Gasteiger partial charge is 0.207 e. The van der Waals surface area contributed by atoms with Crippen molar-refractivity contribution in [1.29, 1.82) is 0 Å². The van der Waals surface area contributed by atoms with E-state index in [1.54, 1.807) is 0 Å². The van der Waals surface area contributed by atoms with Gasteiger partial charge in [0.1, 0.15) is 0 Å². The second-order valence-corrected chi connectivity index (χ2v) is 9.08. The predicted octanol–water partition coefficient (Wildman–Crippen LogP) is 3.99. The molecule has 4 aliphatic carbocycles. The molecule has 0 N–H and O–H groups in total. The number of rotatable bonds is 5. The lowest BCUT2D eigenvalue weighted by Gasteiger charge is -2.55. The molecule has 1 aromatic carbocycles. The first-order valence-electron chi connectivity index (χ1n) is 10.2. The van der Waals surface area contributed by atoms with Crippen LogP contribution in [-0.4, -0.2) is 11.6 Å². The summed E-state index contributed by atoms with van der Waals surface area (Å²) in [5.74, 6) is 2.80. The van der Waals surface area contributed by atoms with Gasteiger partial charge in [-0.2, -0.15) is 4.57 Å². The number of aromatic nitrogens is 1. The minimum absolute atomic E-state index is 0.0233. The Bertz CT molecular complexity index is 834. The first kappa shape index (κ1) is 16.9. The Hall–Kier alpha value is -2.29. The quantitative estimate of drug-likeness (QED) is 0.597. The van der Waals surface area contributed by atoms with E-state index < -0.39 is 0 Å². The molecule has 1 heterocycles. The molecule has 0 saturated heterocycles. The van der Waals surface area contributed by atoms with E-state index in [4.69, 9.17) is 0 Å². The SMILES string of the molecule is O=C(c1ccccc1)c1cc[n+](CC(=O)C23CC4CC(CC(C4)C2)C3)cc1. The molecular formula is C24H26NO2+. The fourth-order valence-corrected chi connectivity index (χ4v) is 6.26. The number of Topliss-reactive ketones (excluding diaryl/α,β-unsaturated/α-hetero) is 1. The van der Waals surface area contributed by atoms with Crippen LogP contribution in [-0.2, 0) is 11.3 Å². The molecule has 4 saturated carbocycles. The number of hydrogen-bond donors (Lipinski definition) is 0. The molecule has 0 radical (unpaired) electrons. The van der Waals surface area contributed by atoms with E-state index in [-0.39, 0.29) is 11.2 Å². The van der Waals surface area contributed by atoms with Crippen LogP contribution in [0.1, 0.15) is 54.4 Å². The van der Waals surface area contributed by atoms with E-state index in [0.717, 1.165) is 37.0 Å². The van der Waals surface area contributed by atoms with Gasteiger partial charge in [0.2, 0.25) is 12.3 Å². The highest BCUT2D eigenvalue weighted by Crippen LogP contribution is 2.60. The molecule has 2 aromatic rings. The summed E-state index contributed by atoms with van der Waals surface area (Å²) in [5, 5.41) is 0. The van der Waals surface area contributed by atoms with Crippen LogP contribution < -0.4 is 4.57 Å². The largest absolute Gasteiger partial charge is 0.292 e. The molecule has 4 fully saturated rings. The summed E-state index contributed by atoms with van der Waals surface area (Å²) in [6.07, 6.45) is 11.2.